The third kappa shape index (κ3) is 1.61. The molecule has 1 aromatic heterocycles. The lowest BCUT2D eigenvalue weighted by Crippen LogP contribution is -2.48. The number of piperidine rings is 1. The van der Waals surface area contributed by atoms with Gasteiger partial charge in [-0.1, -0.05) is 0 Å². The van der Waals surface area contributed by atoms with Crippen LogP contribution in [0, 0.1) is 0 Å². The van der Waals surface area contributed by atoms with Gasteiger partial charge in [0, 0.05) is 11.6 Å². The van der Waals surface area contributed by atoms with E-state index in [0.717, 1.165) is 25.9 Å². The van der Waals surface area contributed by atoms with Gasteiger partial charge in [-0.2, -0.15) is 0 Å². The lowest BCUT2D eigenvalue weighted by molar-refractivity contribution is 0.263. The van der Waals surface area contributed by atoms with Crippen LogP contribution in [0.25, 0.3) is 0 Å². The molecule has 72 valence electrons. The van der Waals surface area contributed by atoms with E-state index in [2.05, 4.69) is 21.0 Å². The fourth-order valence-electron chi connectivity index (χ4n) is 1.88. The molecule has 0 spiro atoms. The van der Waals surface area contributed by atoms with Gasteiger partial charge in [-0.05, 0) is 33.0 Å². The predicted molar refractivity (Wildman–Crippen MR) is 55.0 cm³/mol. The number of aromatic nitrogens is 1. The number of thiazole rings is 1. The first kappa shape index (κ1) is 9.12. The fraction of sp³-hybridized carbons (Fsp3) is 0.667. The maximum absolute atomic E-state index is 4.41. The lowest BCUT2D eigenvalue weighted by Gasteiger charge is -2.35. The Kier molecular flexibility index (Phi) is 2.62. The van der Waals surface area contributed by atoms with Crippen molar-refractivity contribution in [2.75, 3.05) is 20.1 Å². The van der Waals surface area contributed by atoms with Gasteiger partial charge in [0.2, 0.25) is 0 Å². The SMILES string of the molecule is CNC1(c2nccs2)CCNCC1. The molecule has 2 N–H and O–H groups in total. The highest BCUT2D eigenvalue weighted by molar-refractivity contribution is 7.09. The Morgan fingerprint density at radius 2 is 2.31 bits per heavy atom. The van der Waals surface area contributed by atoms with E-state index in [1.54, 1.807) is 11.3 Å². The zero-order valence-corrected chi connectivity index (χ0v) is 8.66. The minimum atomic E-state index is 0.138. The molecule has 1 aliphatic heterocycles. The first-order valence-corrected chi connectivity index (χ1v) is 5.55. The fourth-order valence-corrected chi connectivity index (χ4v) is 2.79. The van der Waals surface area contributed by atoms with E-state index >= 15 is 0 Å². The summed E-state index contributed by atoms with van der Waals surface area (Å²) in [4.78, 5) is 4.41. The Balaban J connectivity index is 2.23. The Morgan fingerprint density at radius 1 is 1.54 bits per heavy atom. The zero-order chi connectivity index (χ0) is 9.15. The summed E-state index contributed by atoms with van der Waals surface area (Å²) in [5.74, 6) is 0. The topological polar surface area (TPSA) is 37.0 Å². The molecule has 0 aromatic carbocycles. The van der Waals surface area contributed by atoms with Crippen LogP contribution in [0.3, 0.4) is 0 Å². The second-order valence-electron chi connectivity index (χ2n) is 3.42. The molecular formula is C9H15N3S. The van der Waals surface area contributed by atoms with Crippen molar-refractivity contribution in [1.82, 2.24) is 15.6 Å². The van der Waals surface area contributed by atoms with Gasteiger partial charge in [-0.25, -0.2) is 4.98 Å². The quantitative estimate of drug-likeness (QED) is 0.741. The molecule has 0 bridgehead atoms. The third-order valence-corrected chi connectivity index (χ3v) is 3.75. The molecule has 0 atom stereocenters. The van der Waals surface area contributed by atoms with Crippen LogP contribution in [-0.2, 0) is 5.54 Å². The van der Waals surface area contributed by atoms with Crippen molar-refractivity contribution in [3.63, 3.8) is 0 Å². The van der Waals surface area contributed by atoms with E-state index in [4.69, 9.17) is 0 Å². The molecule has 2 heterocycles. The lowest BCUT2D eigenvalue weighted by atomic mass is 9.89. The predicted octanol–water partition coefficient (Wildman–Crippen LogP) is 0.941. The normalized spacial score (nSPS) is 21.6. The molecule has 2 rings (SSSR count). The van der Waals surface area contributed by atoms with E-state index in [1.807, 2.05) is 13.2 Å². The minimum Gasteiger partial charge on any atom is -0.317 e. The second kappa shape index (κ2) is 3.74. The molecule has 1 fully saturated rings. The Bertz CT molecular complexity index is 252. The van der Waals surface area contributed by atoms with Crippen molar-refractivity contribution >= 4 is 11.3 Å². The van der Waals surface area contributed by atoms with Crippen LogP contribution in [-0.4, -0.2) is 25.1 Å². The minimum absolute atomic E-state index is 0.138. The molecule has 0 radical (unpaired) electrons. The van der Waals surface area contributed by atoms with E-state index in [1.165, 1.54) is 5.01 Å². The van der Waals surface area contributed by atoms with Crippen LogP contribution in [0.4, 0.5) is 0 Å². The molecule has 3 nitrogen and oxygen atoms in total. The van der Waals surface area contributed by atoms with E-state index in [9.17, 15) is 0 Å². The summed E-state index contributed by atoms with van der Waals surface area (Å²) in [6.07, 6.45) is 4.16. The molecule has 0 amide bonds. The van der Waals surface area contributed by atoms with Crippen LogP contribution in [0.15, 0.2) is 11.6 Å². The Hall–Kier alpha value is -0.450. The van der Waals surface area contributed by atoms with Crippen molar-refractivity contribution in [3.05, 3.63) is 16.6 Å². The maximum Gasteiger partial charge on any atom is 0.113 e. The molecule has 0 unspecified atom stereocenters. The molecule has 1 aromatic rings. The van der Waals surface area contributed by atoms with Gasteiger partial charge in [0.15, 0.2) is 0 Å². The molecule has 13 heavy (non-hydrogen) atoms. The van der Waals surface area contributed by atoms with Gasteiger partial charge in [-0.3, -0.25) is 0 Å². The van der Waals surface area contributed by atoms with Crippen LogP contribution in [0.5, 0.6) is 0 Å². The highest BCUT2D eigenvalue weighted by Gasteiger charge is 2.34. The van der Waals surface area contributed by atoms with Crippen molar-refractivity contribution in [2.45, 2.75) is 18.4 Å². The Labute approximate surface area is 82.6 Å². The summed E-state index contributed by atoms with van der Waals surface area (Å²) in [7, 11) is 2.03. The average Bonchev–Trinajstić information content (AvgIpc) is 2.72. The van der Waals surface area contributed by atoms with Crippen molar-refractivity contribution in [3.8, 4) is 0 Å². The number of nitrogens with one attached hydrogen (secondary N) is 2. The monoisotopic (exact) mass is 197 g/mol. The van der Waals surface area contributed by atoms with Crippen molar-refractivity contribution < 1.29 is 0 Å². The first-order valence-electron chi connectivity index (χ1n) is 4.67. The van der Waals surface area contributed by atoms with Gasteiger partial charge in [-0.15, -0.1) is 11.3 Å². The van der Waals surface area contributed by atoms with Crippen LogP contribution < -0.4 is 10.6 Å². The zero-order valence-electron chi connectivity index (χ0n) is 7.84. The summed E-state index contributed by atoms with van der Waals surface area (Å²) < 4.78 is 0. The van der Waals surface area contributed by atoms with Crippen molar-refractivity contribution in [2.24, 2.45) is 0 Å². The first-order chi connectivity index (χ1) is 6.37. The number of hydrogen-bond acceptors (Lipinski definition) is 4. The molecule has 4 heteroatoms. The third-order valence-electron chi connectivity index (χ3n) is 2.78. The molecular weight excluding hydrogens is 182 g/mol. The highest BCUT2D eigenvalue weighted by atomic mass is 32.1. The maximum atomic E-state index is 4.41. The van der Waals surface area contributed by atoms with Gasteiger partial charge in [0.1, 0.15) is 5.01 Å². The standard InChI is InChI=1S/C9H15N3S/c1-10-9(2-4-11-5-3-9)8-12-6-7-13-8/h6-7,10-11H,2-5H2,1H3. The summed E-state index contributed by atoms with van der Waals surface area (Å²) in [6, 6.07) is 0. The number of hydrogen-bond donors (Lipinski definition) is 2. The summed E-state index contributed by atoms with van der Waals surface area (Å²) >= 11 is 1.75. The van der Waals surface area contributed by atoms with Gasteiger partial charge in [0.05, 0.1) is 5.54 Å². The number of rotatable bonds is 2. The summed E-state index contributed by atoms with van der Waals surface area (Å²) in [5.41, 5.74) is 0.138. The van der Waals surface area contributed by atoms with Gasteiger partial charge >= 0.3 is 0 Å². The van der Waals surface area contributed by atoms with Crippen LogP contribution in [0.2, 0.25) is 0 Å². The van der Waals surface area contributed by atoms with Crippen LogP contribution in [0.1, 0.15) is 17.8 Å². The summed E-state index contributed by atoms with van der Waals surface area (Å²) in [5, 5.41) is 10.1. The average molecular weight is 197 g/mol. The van der Waals surface area contributed by atoms with Gasteiger partial charge in [0.25, 0.3) is 0 Å². The molecule has 0 aliphatic carbocycles. The largest absolute Gasteiger partial charge is 0.317 e. The smallest absolute Gasteiger partial charge is 0.113 e. The van der Waals surface area contributed by atoms with E-state index < -0.39 is 0 Å². The highest BCUT2D eigenvalue weighted by Crippen LogP contribution is 2.31. The molecule has 0 saturated carbocycles. The Morgan fingerprint density at radius 3 is 2.85 bits per heavy atom. The molecule has 1 aliphatic rings. The van der Waals surface area contributed by atoms with E-state index in [-0.39, 0.29) is 5.54 Å². The van der Waals surface area contributed by atoms with Crippen LogP contribution >= 0.6 is 11.3 Å². The number of nitrogens with zero attached hydrogens (tertiary/aromatic N) is 1. The van der Waals surface area contributed by atoms with Crippen molar-refractivity contribution in [1.29, 1.82) is 0 Å². The molecule has 1 saturated heterocycles. The van der Waals surface area contributed by atoms with E-state index in [0.29, 0.717) is 0 Å². The van der Waals surface area contributed by atoms with Gasteiger partial charge < -0.3 is 10.6 Å². The summed E-state index contributed by atoms with van der Waals surface area (Å²) in [6.45, 7) is 2.17. The second-order valence-corrected chi connectivity index (χ2v) is 4.31.